The van der Waals surface area contributed by atoms with Gasteiger partial charge in [-0.1, -0.05) is 69.6 Å². The number of nitriles is 1. The minimum absolute atomic E-state index is 0.0113. The Morgan fingerprint density at radius 3 is 1.96 bits per heavy atom. The van der Waals surface area contributed by atoms with E-state index in [2.05, 4.69) is 4.85 Å². The van der Waals surface area contributed by atoms with Gasteiger partial charge < -0.3 is 0 Å². The van der Waals surface area contributed by atoms with E-state index in [4.69, 9.17) is 81.4 Å². The van der Waals surface area contributed by atoms with E-state index in [1.807, 2.05) is 6.07 Å². The molecule has 0 aliphatic carbocycles. The fourth-order valence-corrected chi connectivity index (χ4v) is 3.78. The lowest BCUT2D eigenvalue weighted by atomic mass is 10.0. The highest BCUT2D eigenvalue weighted by Gasteiger charge is 2.23. The van der Waals surface area contributed by atoms with Gasteiger partial charge in [0.15, 0.2) is 0 Å². The highest BCUT2D eigenvalue weighted by molar-refractivity contribution is 6.46. The largest absolute Gasteiger partial charge is 0.236 e. The summed E-state index contributed by atoms with van der Waals surface area (Å²) in [7, 11) is 0. The van der Waals surface area contributed by atoms with Crippen molar-refractivity contribution < 1.29 is 0 Å². The molecule has 0 unspecified atom stereocenters. The van der Waals surface area contributed by atoms with Gasteiger partial charge in [-0.15, -0.1) is 0 Å². The van der Waals surface area contributed by atoms with Crippen molar-refractivity contribution in [3.05, 3.63) is 70.4 Å². The van der Waals surface area contributed by atoms with Crippen LogP contribution in [0.25, 0.3) is 4.85 Å². The van der Waals surface area contributed by atoms with Crippen LogP contribution >= 0.6 is 69.6 Å². The van der Waals surface area contributed by atoms with E-state index in [-0.39, 0.29) is 32.7 Å². The van der Waals surface area contributed by atoms with E-state index in [0.717, 1.165) is 0 Å². The molecule has 0 amide bonds. The van der Waals surface area contributed by atoms with Crippen LogP contribution in [0.1, 0.15) is 16.7 Å². The third kappa shape index (κ3) is 3.49. The van der Waals surface area contributed by atoms with Gasteiger partial charge in [-0.05, 0) is 29.7 Å². The highest BCUT2D eigenvalue weighted by Crippen LogP contribution is 2.45. The second-order valence-corrected chi connectivity index (χ2v) is 6.78. The molecule has 0 saturated heterocycles. The molecule has 0 N–H and O–H groups in total. The first-order valence-corrected chi connectivity index (χ1v) is 8.18. The van der Waals surface area contributed by atoms with E-state index < -0.39 is 0 Å². The summed E-state index contributed by atoms with van der Waals surface area (Å²) in [5.41, 5.74) is 0.879. The maximum atomic E-state index is 9.11. The maximum absolute atomic E-state index is 9.11. The van der Waals surface area contributed by atoms with Crippen LogP contribution in [0.3, 0.4) is 0 Å². The molecule has 0 aliphatic rings. The summed E-state index contributed by atoms with van der Waals surface area (Å²) in [6.45, 7) is 7.31. The summed E-state index contributed by atoms with van der Waals surface area (Å²) >= 11 is 36.6. The Morgan fingerprint density at radius 2 is 1.48 bits per heavy atom. The van der Waals surface area contributed by atoms with Crippen molar-refractivity contribution in [3.63, 3.8) is 0 Å². The second kappa shape index (κ2) is 7.37. The smallest absolute Gasteiger partial charge is 0.211 e. The van der Waals surface area contributed by atoms with Crippen molar-refractivity contribution >= 4 is 75.3 Å². The number of benzene rings is 2. The van der Waals surface area contributed by atoms with Crippen molar-refractivity contribution in [2.24, 2.45) is 0 Å². The molecule has 2 rings (SSSR count). The third-order valence-electron chi connectivity index (χ3n) is 3.07. The third-order valence-corrected chi connectivity index (χ3v) is 5.23. The van der Waals surface area contributed by atoms with Crippen LogP contribution in [-0.4, -0.2) is 0 Å². The maximum Gasteiger partial charge on any atom is 0.211 e. The summed E-state index contributed by atoms with van der Waals surface area (Å²) in [5, 5.41) is 10.2. The first kappa shape index (κ1) is 18.5. The van der Waals surface area contributed by atoms with Gasteiger partial charge in [0.2, 0.25) is 5.69 Å². The average Bonchev–Trinajstić information content (AvgIpc) is 2.48. The van der Waals surface area contributed by atoms with Crippen molar-refractivity contribution in [2.45, 2.75) is 6.42 Å². The first-order chi connectivity index (χ1) is 10.8. The van der Waals surface area contributed by atoms with Crippen molar-refractivity contribution in [3.8, 4) is 6.07 Å². The van der Waals surface area contributed by atoms with Gasteiger partial charge in [0.1, 0.15) is 6.07 Å². The SMILES string of the molecule is [C-]#[N+]c1c(Cl)c(C#N)c(Cl)c(Cl)c1Cc1c(Cl)cc(Cl)cc1Cl. The first-order valence-electron chi connectivity index (χ1n) is 5.92. The topological polar surface area (TPSA) is 28.1 Å². The monoisotopic (exact) mass is 422 g/mol. The lowest BCUT2D eigenvalue weighted by Crippen LogP contribution is -1.96. The molecular formula is C15H4Cl6N2. The number of hydrogen-bond acceptors (Lipinski definition) is 1. The van der Waals surface area contributed by atoms with Crippen molar-refractivity contribution in [1.82, 2.24) is 0 Å². The summed E-state index contributed by atoms with van der Waals surface area (Å²) in [6.07, 6.45) is 0.122. The number of hydrogen-bond donors (Lipinski definition) is 0. The minimum Gasteiger partial charge on any atom is -0.236 e. The number of nitrogens with zero attached hydrogens (tertiary/aromatic N) is 2. The zero-order valence-corrected chi connectivity index (χ0v) is 15.6. The standard InChI is InChI=1S/C15H4Cl6N2/c1-23-15-8(12(19)13(20)9(5-22)14(15)21)4-7-10(17)2-6(16)3-11(7)18/h2-3H,4H2. The van der Waals surface area contributed by atoms with Crippen LogP contribution in [0.4, 0.5) is 5.69 Å². The van der Waals surface area contributed by atoms with Crippen LogP contribution in [0.15, 0.2) is 12.1 Å². The molecule has 0 saturated carbocycles. The number of halogens is 6. The second-order valence-electron chi connectivity index (χ2n) is 4.39. The van der Waals surface area contributed by atoms with E-state index in [0.29, 0.717) is 26.2 Å². The Kier molecular flexibility index (Phi) is 5.93. The lowest BCUT2D eigenvalue weighted by molar-refractivity contribution is 1.20. The zero-order valence-electron chi connectivity index (χ0n) is 11.0. The van der Waals surface area contributed by atoms with Crippen LogP contribution in [0.2, 0.25) is 30.1 Å². The molecule has 0 heterocycles. The molecule has 0 atom stereocenters. The summed E-state index contributed by atoms with van der Waals surface area (Å²) < 4.78 is 0. The highest BCUT2D eigenvalue weighted by atomic mass is 35.5. The predicted octanol–water partition coefficient (Wildman–Crippen LogP) is 7.62. The molecule has 23 heavy (non-hydrogen) atoms. The Labute approximate surface area is 162 Å². The van der Waals surface area contributed by atoms with Crippen molar-refractivity contribution in [1.29, 1.82) is 5.26 Å². The molecule has 0 spiro atoms. The average molecular weight is 425 g/mol. The normalized spacial score (nSPS) is 10.3. The molecule has 0 radical (unpaired) electrons. The van der Waals surface area contributed by atoms with Gasteiger partial charge >= 0.3 is 0 Å². The molecule has 2 aromatic carbocycles. The molecule has 0 aromatic heterocycles. The number of rotatable bonds is 2. The molecule has 2 aromatic rings. The van der Waals surface area contributed by atoms with Gasteiger partial charge in [-0.3, -0.25) is 0 Å². The quantitative estimate of drug-likeness (QED) is 0.360. The molecule has 116 valence electrons. The van der Waals surface area contributed by atoms with E-state index in [1.165, 1.54) is 12.1 Å². The van der Waals surface area contributed by atoms with Crippen LogP contribution in [-0.2, 0) is 6.42 Å². The molecule has 2 nitrogen and oxygen atoms in total. The van der Waals surface area contributed by atoms with E-state index in [1.54, 1.807) is 0 Å². The van der Waals surface area contributed by atoms with Gasteiger partial charge in [0.05, 0.1) is 27.2 Å². The Bertz CT molecular complexity index is 870. The van der Waals surface area contributed by atoms with Crippen LogP contribution in [0, 0.1) is 17.9 Å². The summed E-state index contributed by atoms with van der Waals surface area (Å²) in [6, 6.07) is 4.90. The van der Waals surface area contributed by atoms with Crippen molar-refractivity contribution in [2.75, 3.05) is 0 Å². The molecular weight excluding hydrogens is 421 g/mol. The Balaban J connectivity index is 2.72. The fraction of sp³-hybridized carbons (Fsp3) is 0.0667. The molecule has 0 aliphatic heterocycles. The van der Waals surface area contributed by atoms with E-state index in [9.17, 15) is 0 Å². The summed E-state index contributed by atoms with van der Waals surface area (Å²) in [5.74, 6) is 0. The predicted molar refractivity (Wildman–Crippen MR) is 96.7 cm³/mol. The summed E-state index contributed by atoms with van der Waals surface area (Å²) in [4.78, 5) is 3.37. The zero-order chi connectivity index (χ0) is 17.3. The van der Waals surface area contributed by atoms with Gasteiger partial charge in [0.25, 0.3) is 0 Å². The van der Waals surface area contributed by atoms with Crippen LogP contribution < -0.4 is 0 Å². The van der Waals surface area contributed by atoms with Gasteiger partial charge in [-0.25, -0.2) is 4.85 Å². The Morgan fingerprint density at radius 1 is 0.913 bits per heavy atom. The van der Waals surface area contributed by atoms with Gasteiger partial charge in [-0.2, -0.15) is 5.26 Å². The molecule has 0 fully saturated rings. The molecule has 8 heteroatoms. The van der Waals surface area contributed by atoms with Gasteiger partial charge in [0, 0.05) is 15.1 Å². The lowest BCUT2D eigenvalue weighted by Gasteiger charge is -2.14. The Hall–Kier alpha value is -0.840. The van der Waals surface area contributed by atoms with Crippen LogP contribution in [0.5, 0.6) is 0 Å². The minimum atomic E-state index is -0.0480. The van der Waals surface area contributed by atoms with E-state index >= 15 is 0 Å². The molecule has 0 bridgehead atoms. The fourth-order valence-electron chi connectivity index (χ4n) is 1.99.